The Balaban J connectivity index is 3.01. The average Bonchev–Trinajstić information content (AvgIpc) is 2.17. The average molecular weight is 203 g/mol. The van der Waals surface area contributed by atoms with Gasteiger partial charge in [-0.2, -0.15) is 0 Å². The number of carbonyl (C=O) groups is 1. The van der Waals surface area contributed by atoms with Crippen LogP contribution in [0.25, 0.3) is 0 Å². The molecule has 0 aliphatic heterocycles. The first-order valence-corrected chi connectivity index (χ1v) is 5.25. The second kappa shape index (κ2) is 10.5. The summed E-state index contributed by atoms with van der Waals surface area (Å²) in [7, 11) is 0. The van der Waals surface area contributed by atoms with Crippen LogP contribution in [0.5, 0.6) is 0 Å². The van der Waals surface area contributed by atoms with Crippen molar-refractivity contribution < 1.29 is 14.3 Å². The minimum atomic E-state index is -0.207. The molecule has 4 heteroatoms. The van der Waals surface area contributed by atoms with Crippen molar-refractivity contribution in [2.45, 2.75) is 26.7 Å². The van der Waals surface area contributed by atoms with Gasteiger partial charge in [0, 0.05) is 13.2 Å². The molecule has 0 atom stereocenters. The minimum Gasteiger partial charge on any atom is -0.465 e. The van der Waals surface area contributed by atoms with Crippen LogP contribution in [0.1, 0.15) is 26.7 Å². The highest BCUT2D eigenvalue weighted by Gasteiger charge is 1.98. The molecule has 0 saturated carbocycles. The van der Waals surface area contributed by atoms with Gasteiger partial charge in [-0.25, -0.2) is 0 Å². The zero-order chi connectivity index (χ0) is 10.6. The highest BCUT2D eigenvalue weighted by molar-refractivity contribution is 5.71. The molecule has 0 aliphatic carbocycles. The molecule has 84 valence electrons. The Kier molecular flexibility index (Phi) is 10.0. The number of nitrogens with one attached hydrogen (secondary N) is 1. The largest absolute Gasteiger partial charge is 0.465 e. The van der Waals surface area contributed by atoms with E-state index in [9.17, 15) is 4.79 Å². The molecule has 0 saturated heterocycles. The molecular weight excluding hydrogens is 182 g/mol. The molecular formula is C10H21NO3. The van der Waals surface area contributed by atoms with Crippen LogP contribution < -0.4 is 5.32 Å². The summed E-state index contributed by atoms with van der Waals surface area (Å²) in [5, 5.41) is 2.95. The van der Waals surface area contributed by atoms with Crippen LogP contribution in [0.3, 0.4) is 0 Å². The van der Waals surface area contributed by atoms with Crippen molar-refractivity contribution in [3.63, 3.8) is 0 Å². The lowest BCUT2D eigenvalue weighted by Crippen LogP contribution is -2.27. The molecule has 0 heterocycles. The third-order valence-corrected chi connectivity index (χ3v) is 1.64. The van der Waals surface area contributed by atoms with Crippen LogP contribution in [0, 0.1) is 0 Å². The fourth-order valence-electron chi connectivity index (χ4n) is 0.895. The van der Waals surface area contributed by atoms with Crippen molar-refractivity contribution in [3.05, 3.63) is 0 Å². The number of hydrogen-bond donors (Lipinski definition) is 1. The number of hydrogen-bond acceptors (Lipinski definition) is 4. The van der Waals surface area contributed by atoms with Crippen LogP contribution in [0.15, 0.2) is 0 Å². The topological polar surface area (TPSA) is 47.6 Å². The first-order chi connectivity index (χ1) is 6.81. The molecule has 0 bridgehead atoms. The quantitative estimate of drug-likeness (QED) is 0.448. The predicted molar refractivity (Wildman–Crippen MR) is 55.2 cm³/mol. The van der Waals surface area contributed by atoms with E-state index in [0.29, 0.717) is 19.8 Å². The normalized spacial score (nSPS) is 10.1. The maximum atomic E-state index is 10.9. The molecule has 0 aromatic heterocycles. The van der Waals surface area contributed by atoms with Gasteiger partial charge in [0.05, 0.1) is 19.8 Å². The van der Waals surface area contributed by atoms with Gasteiger partial charge in [0.2, 0.25) is 0 Å². The molecule has 0 rings (SSSR count). The maximum Gasteiger partial charge on any atom is 0.319 e. The molecule has 0 aliphatic rings. The van der Waals surface area contributed by atoms with E-state index in [-0.39, 0.29) is 12.5 Å². The third-order valence-electron chi connectivity index (χ3n) is 1.64. The summed E-state index contributed by atoms with van der Waals surface area (Å²) >= 11 is 0. The standard InChI is InChI=1S/C10H21NO3/c1-3-5-7-13-8-6-11-9-10(12)14-4-2/h11H,3-9H2,1-2H3. The smallest absolute Gasteiger partial charge is 0.319 e. The zero-order valence-corrected chi connectivity index (χ0v) is 9.17. The van der Waals surface area contributed by atoms with E-state index in [1.807, 2.05) is 0 Å². The van der Waals surface area contributed by atoms with E-state index in [0.717, 1.165) is 19.4 Å². The highest BCUT2D eigenvalue weighted by Crippen LogP contribution is 1.86. The van der Waals surface area contributed by atoms with Gasteiger partial charge in [-0.05, 0) is 13.3 Å². The molecule has 0 spiro atoms. The van der Waals surface area contributed by atoms with Crippen LogP contribution in [0.4, 0.5) is 0 Å². The van der Waals surface area contributed by atoms with Gasteiger partial charge >= 0.3 is 5.97 Å². The Morgan fingerprint density at radius 3 is 2.71 bits per heavy atom. The summed E-state index contributed by atoms with van der Waals surface area (Å²) in [6.07, 6.45) is 2.24. The van der Waals surface area contributed by atoms with Gasteiger partial charge in [-0.3, -0.25) is 4.79 Å². The number of ether oxygens (including phenoxy) is 2. The summed E-state index contributed by atoms with van der Waals surface area (Å²) in [4.78, 5) is 10.9. The molecule has 0 aromatic carbocycles. The number of esters is 1. The molecule has 1 N–H and O–H groups in total. The molecule has 0 fully saturated rings. The second-order valence-corrected chi connectivity index (χ2v) is 2.95. The highest BCUT2D eigenvalue weighted by atomic mass is 16.5. The molecule has 0 aromatic rings. The lowest BCUT2D eigenvalue weighted by atomic mass is 10.4. The van der Waals surface area contributed by atoms with E-state index in [4.69, 9.17) is 9.47 Å². The fourth-order valence-corrected chi connectivity index (χ4v) is 0.895. The Labute approximate surface area is 86.0 Å². The summed E-state index contributed by atoms with van der Waals surface area (Å²) < 4.78 is 10.0. The van der Waals surface area contributed by atoms with Gasteiger partial charge in [-0.15, -0.1) is 0 Å². The number of rotatable bonds is 9. The fraction of sp³-hybridized carbons (Fsp3) is 0.900. The zero-order valence-electron chi connectivity index (χ0n) is 9.17. The van der Waals surface area contributed by atoms with Crippen molar-refractivity contribution in [3.8, 4) is 0 Å². The maximum absolute atomic E-state index is 10.9. The number of carbonyl (C=O) groups excluding carboxylic acids is 1. The van der Waals surface area contributed by atoms with Gasteiger partial charge in [-0.1, -0.05) is 13.3 Å². The van der Waals surface area contributed by atoms with Crippen molar-refractivity contribution in [1.82, 2.24) is 5.32 Å². The van der Waals surface area contributed by atoms with Crippen LogP contribution >= 0.6 is 0 Å². The molecule has 0 radical (unpaired) electrons. The Morgan fingerprint density at radius 1 is 1.29 bits per heavy atom. The third kappa shape index (κ3) is 9.48. The molecule has 4 nitrogen and oxygen atoms in total. The van der Waals surface area contributed by atoms with Crippen molar-refractivity contribution >= 4 is 5.97 Å². The second-order valence-electron chi connectivity index (χ2n) is 2.95. The first kappa shape index (κ1) is 13.4. The molecule has 0 amide bonds. The summed E-state index contributed by atoms with van der Waals surface area (Å²) in [5.74, 6) is -0.207. The SMILES string of the molecule is CCCCOCCNCC(=O)OCC. The van der Waals surface area contributed by atoms with Gasteiger partial charge in [0.1, 0.15) is 0 Å². The lowest BCUT2D eigenvalue weighted by molar-refractivity contribution is -0.142. The van der Waals surface area contributed by atoms with E-state index in [2.05, 4.69) is 12.2 Å². The minimum absolute atomic E-state index is 0.207. The van der Waals surface area contributed by atoms with E-state index < -0.39 is 0 Å². The first-order valence-electron chi connectivity index (χ1n) is 5.25. The van der Waals surface area contributed by atoms with Crippen molar-refractivity contribution in [2.24, 2.45) is 0 Å². The summed E-state index contributed by atoms with van der Waals surface area (Å²) in [6.45, 7) is 6.78. The van der Waals surface area contributed by atoms with E-state index in [1.165, 1.54) is 0 Å². The van der Waals surface area contributed by atoms with Gasteiger partial charge in [0.15, 0.2) is 0 Å². The lowest BCUT2D eigenvalue weighted by Gasteiger charge is -2.05. The number of unbranched alkanes of at least 4 members (excludes halogenated alkanes) is 1. The van der Waals surface area contributed by atoms with Gasteiger partial charge < -0.3 is 14.8 Å². The van der Waals surface area contributed by atoms with Crippen LogP contribution in [0.2, 0.25) is 0 Å². The predicted octanol–water partition coefficient (Wildman–Crippen LogP) is 0.956. The molecule has 14 heavy (non-hydrogen) atoms. The van der Waals surface area contributed by atoms with Crippen LogP contribution in [-0.2, 0) is 14.3 Å². The Bertz CT molecular complexity index is 139. The van der Waals surface area contributed by atoms with Crippen LogP contribution in [-0.4, -0.2) is 38.9 Å². The van der Waals surface area contributed by atoms with E-state index in [1.54, 1.807) is 6.92 Å². The summed E-state index contributed by atoms with van der Waals surface area (Å²) in [5.41, 5.74) is 0. The van der Waals surface area contributed by atoms with Crippen molar-refractivity contribution in [1.29, 1.82) is 0 Å². The van der Waals surface area contributed by atoms with Gasteiger partial charge in [0.25, 0.3) is 0 Å². The van der Waals surface area contributed by atoms with Crippen molar-refractivity contribution in [2.75, 3.05) is 32.9 Å². The molecule has 0 unspecified atom stereocenters. The Morgan fingerprint density at radius 2 is 2.07 bits per heavy atom. The summed E-state index contributed by atoms with van der Waals surface area (Å²) in [6, 6.07) is 0. The van der Waals surface area contributed by atoms with E-state index >= 15 is 0 Å². The monoisotopic (exact) mass is 203 g/mol. The Hall–Kier alpha value is -0.610.